The smallest absolute Gasteiger partial charge is 0.229 e. The van der Waals surface area contributed by atoms with Gasteiger partial charge in [0.15, 0.2) is 0 Å². The van der Waals surface area contributed by atoms with Crippen molar-refractivity contribution in [3.05, 3.63) is 71.8 Å². The number of rotatable bonds is 7. The van der Waals surface area contributed by atoms with Crippen LogP contribution in [-0.4, -0.2) is 44.8 Å². The van der Waals surface area contributed by atoms with Crippen LogP contribution in [0.1, 0.15) is 23.5 Å². The Kier molecular flexibility index (Phi) is 6.39. The third-order valence-corrected chi connectivity index (χ3v) is 5.34. The van der Waals surface area contributed by atoms with Crippen LogP contribution in [0.5, 0.6) is 0 Å². The van der Waals surface area contributed by atoms with E-state index in [0.717, 1.165) is 22.8 Å². The van der Waals surface area contributed by atoms with Crippen LogP contribution in [0, 0.1) is 19.8 Å². The predicted octanol–water partition coefficient (Wildman–Crippen LogP) is 3.26. The lowest BCUT2D eigenvalue weighted by molar-refractivity contribution is -0.128. The monoisotopic (exact) mass is 430 g/mol. The van der Waals surface area contributed by atoms with Crippen LogP contribution in [0.25, 0.3) is 0 Å². The minimum atomic E-state index is -0.354. The maximum absolute atomic E-state index is 12.7. The maximum atomic E-state index is 12.7. The number of anilines is 3. The second-order valence-electron chi connectivity index (χ2n) is 7.98. The summed E-state index contributed by atoms with van der Waals surface area (Å²) in [6.45, 7) is 4.85. The fraction of sp³-hybridized carbons (Fsp3) is 0.292. The molecule has 8 heteroatoms. The summed E-state index contributed by atoms with van der Waals surface area (Å²) in [6, 6.07) is 15.0. The standard InChI is InChI=1S/C24H26N6O2/c1-16-13-17(2)27-24(26-16)29-21-8-6-20(7-9-21)28-23(32)18-14-22(31)30(15-18)12-10-19-5-3-4-11-25-19/h3-9,11,13,18H,10,12,14-15H2,1-2H3,(H,28,32)(H,26,27,29). The molecule has 1 fully saturated rings. The highest BCUT2D eigenvalue weighted by atomic mass is 16.2. The van der Waals surface area contributed by atoms with Gasteiger partial charge in [-0.05, 0) is 56.3 Å². The van der Waals surface area contributed by atoms with Gasteiger partial charge in [-0.15, -0.1) is 0 Å². The molecule has 1 unspecified atom stereocenters. The number of nitrogens with one attached hydrogen (secondary N) is 2. The summed E-state index contributed by atoms with van der Waals surface area (Å²) in [6.07, 6.45) is 2.66. The molecule has 1 saturated heterocycles. The molecule has 0 radical (unpaired) electrons. The van der Waals surface area contributed by atoms with E-state index in [2.05, 4.69) is 25.6 Å². The highest BCUT2D eigenvalue weighted by molar-refractivity contribution is 5.97. The van der Waals surface area contributed by atoms with Crippen molar-refractivity contribution in [1.29, 1.82) is 0 Å². The average molecular weight is 431 g/mol. The van der Waals surface area contributed by atoms with Crippen LogP contribution in [0.4, 0.5) is 17.3 Å². The Hall–Kier alpha value is -3.81. The number of nitrogens with zero attached hydrogens (tertiary/aromatic N) is 4. The van der Waals surface area contributed by atoms with Gasteiger partial charge in [0.1, 0.15) is 0 Å². The van der Waals surface area contributed by atoms with Crippen molar-refractivity contribution < 1.29 is 9.59 Å². The second-order valence-corrected chi connectivity index (χ2v) is 7.98. The molecule has 1 atom stereocenters. The Labute approximate surface area is 187 Å². The molecule has 32 heavy (non-hydrogen) atoms. The zero-order valence-corrected chi connectivity index (χ0v) is 18.2. The molecule has 0 bridgehead atoms. The first-order valence-electron chi connectivity index (χ1n) is 10.6. The van der Waals surface area contributed by atoms with Crippen molar-refractivity contribution in [2.24, 2.45) is 5.92 Å². The normalized spacial score (nSPS) is 15.6. The van der Waals surface area contributed by atoms with Gasteiger partial charge < -0.3 is 15.5 Å². The molecule has 1 aliphatic rings. The van der Waals surface area contributed by atoms with E-state index < -0.39 is 0 Å². The van der Waals surface area contributed by atoms with Crippen LogP contribution >= 0.6 is 0 Å². The lowest BCUT2D eigenvalue weighted by Gasteiger charge is -2.16. The second kappa shape index (κ2) is 9.55. The van der Waals surface area contributed by atoms with Crippen molar-refractivity contribution in [2.45, 2.75) is 26.7 Å². The van der Waals surface area contributed by atoms with Crippen LogP contribution in [-0.2, 0) is 16.0 Å². The number of likely N-dealkylation sites (tertiary alicyclic amines) is 1. The summed E-state index contributed by atoms with van der Waals surface area (Å²) in [7, 11) is 0. The topological polar surface area (TPSA) is 100 Å². The number of carbonyl (C=O) groups excluding carboxylic acids is 2. The fourth-order valence-electron chi connectivity index (χ4n) is 3.75. The number of hydrogen-bond acceptors (Lipinski definition) is 6. The lowest BCUT2D eigenvalue weighted by Crippen LogP contribution is -2.30. The molecule has 3 heterocycles. The van der Waals surface area contributed by atoms with Crippen LogP contribution in [0.15, 0.2) is 54.7 Å². The molecule has 164 valence electrons. The summed E-state index contributed by atoms with van der Waals surface area (Å²) < 4.78 is 0. The number of pyridine rings is 1. The summed E-state index contributed by atoms with van der Waals surface area (Å²) in [5.74, 6) is 0.0494. The van der Waals surface area contributed by atoms with Gasteiger partial charge in [0.25, 0.3) is 0 Å². The van der Waals surface area contributed by atoms with Gasteiger partial charge in [0.05, 0.1) is 5.92 Å². The van der Waals surface area contributed by atoms with Crippen molar-refractivity contribution in [3.8, 4) is 0 Å². The highest BCUT2D eigenvalue weighted by Crippen LogP contribution is 2.22. The predicted molar refractivity (Wildman–Crippen MR) is 122 cm³/mol. The molecule has 0 spiro atoms. The van der Waals surface area contributed by atoms with E-state index in [9.17, 15) is 9.59 Å². The Morgan fingerprint density at radius 1 is 1.06 bits per heavy atom. The molecule has 8 nitrogen and oxygen atoms in total. The van der Waals surface area contributed by atoms with E-state index in [0.29, 0.717) is 31.1 Å². The molecule has 4 rings (SSSR count). The quantitative estimate of drug-likeness (QED) is 0.597. The van der Waals surface area contributed by atoms with E-state index in [4.69, 9.17) is 0 Å². The van der Waals surface area contributed by atoms with Crippen LogP contribution < -0.4 is 10.6 Å². The van der Waals surface area contributed by atoms with E-state index in [1.54, 1.807) is 11.1 Å². The Morgan fingerprint density at radius 2 is 1.78 bits per heavy atom. The van der Waals surface area contributed by atoms with E-state index >= 15 is 0 Å². The molecule has 0 saturated carbocycles. The minimum absolute atomic E-state index is 0.00840. The van der Waals surface area contributed by atoms with E-state index in [1.807, 2.05) is 62.4 Å². The van der Waals surface area contributed by atoms with Gasteiger partial charge in [-0.25, -0.2) is 9.97 Å². The first-order valence-corrected chi connectivity index (χ1v) is 10.6. The van der Waals surface area contributed by atoms with E-state index in [-0.39, 0.29) is 24.2 Å². The van der Waals surface area contributed by atoms with Gasteiger partial charge in [-0.3, -0.25) is 14.6 Å². The van der Waals surface area contributed by atoms with E-state index in [1.165, 1.54) is 0 Å². The summed E-state index contributed by atoms with van der Waals surface area (Å²) in [4.78, 5) is 39.8. The first-order chi connectivity index (χ1) is 15.5. The molecule has 0 aliphatic carbocycles. The summed E-state index contributed by atoms with van der Waals surface area (Å²) in [5.41, 5.74) is 4.23. The van der Waals surface area contributed by atoms with Crippen molar-refractivity contribution in [2.75, 3.05) is 23.7 Å². The zero-order chi connectivity index (χ0) is 22.5. The molecular formula is C24H26N6O2. The maximum Gasteiger partial charge on any atom is 0.229 e. The van der Waals surface area contributed by atoms with Crippen molar-refractivity contribution in [3.63, 3.8) is 0 Å². The lowest BCUT2D eigenvalue weighted by atomic mass is 10.1. The number of hydrogen-bond donors (Lipinski definition) is 2. The summed E-state index contributed by atoms with van der Waals surface area (Å²) >= 11 is 0. The van der Waals surface area contributed by atoms with Crippen LogP contribution in [0.2, 0.25) is 0 Å². The number of benzene rings is 1. The SMILES string of the molecule is Cc1cc(C)nc(Nc2ccc(NC(=O)C3CC(=O)N(CCc4ccccn4)C3)cc2)n1. The summed E-state index contributed by atoms with van der Waals surface area (Å²) in [5, 5.41) is 6.09. The Morgan fingerprint density at radius 3 is 2.47 bits per heavy atom. The zero-order valence-electron chi connectivity index (χ0n) is 18.2. The number of aryl methyl sites for hydroxylation is 2. The first kappa shape index (κ1) is 21.4. The highest BCUT2D eigenvalue weighted by Gasteiger charge is 2.34. The van der Waals surface area contributed by atoms with Crippen molar-refractivity contribution >= 4 is 29.1 Å². The third-order valence-electron chi connectivity index (χ3n) is 5.34. The number of aromatic nitrogens is 3. The largest absolute Gasteiger partial charge is 0.341 e. The molecule has 2 N–H and O–H groups in total. The molecule has 3 aromatic rings. The van der Waals surface area contributed by atoms with Gasteiger partial charge >= 0.3 is 0 Å². The third kappa shape index (κ3) is 5.46. The molecule has 1 aromatic carbocycles. The van der Waals surface area contributed by atoms with Crippen molar-refractivity contribution in [1.82, 2.24) is 19.9 Å². The van der Waals surface area contributed by atoms with Gasteiger partial charge in [-0.1, -0.05) is 6.07 Å². The number of carbonyl (C=O) groups is 2. The van der Waals surface area contributed by atoms with Crippen LogP contribution in [0.3, 0.4) is 0 Å². The molecule has 1 aliphatic heterocycles. The van der Waals surface area contributed by atoms with Gasteiger partial charge in [-0.2, -0.15) is 0 Å². The minimum Gasteiger partial charge on any atom is -0.341 e. The van der Waals surface area contributed by atoms with Gasteiger partial charge in [0, 0.05) is 60.6 Å². The molecule has 2 amide bonds. The number of amides is 2. The molecular weight excluding hydrogens is 404 g/mol. The Bertz CT molecular complexity index is 1080. The molecule has 2 aromatic heterocycles. The average Bonchev–Trinajstić information content (AvgIpc) is 3.14. The Balaban J connectivity index is 1.30. The van der Waals surface area contributed by atoms with Gasteiger partial charge in [0.2, 0.25) is 17.8 Å². The fourth-order valence-corrected chi connectivity index (χ4v) is 3.75.